The van der Waals surface area contributed by atoms with Crippen LogP contribution < -0.4 is 10.0 Å². The van der Waals surface area contributed by atoms with Crippen LogP contribution in [-0.4, -0.2) is 66.1 Å². The van der Waals surface area contributed by atoms with Gasteiger partial charge in [-0.2, -0.15) is 0 Å². The van der Waals surface area contributed by atoms with Crippen LogP contribution in [0.15, 0.2) is 78.0 Å². The largest absolute Gasteiger partial charge is 0.478 e. The second-order valence-electron chi connectivity index (χ2n) is 11.0. The topological polar surface area (TPSA) is 172 Å². The summed E-state index contributed by atoms with van der Waals surface area (Å²) in [6.45, 7) is 4.03. The van der Waals surface area contributed by atoms with Crippen molar-refractivity contribution in [3.05, 3.63) is 84.2 Å². The summed E-state index contributed by atoms with van der Waals surface area (Å²) >= 11 is 0. The quantitative estimate of drug-likeness (QED) is 0.227. The molecule has 4 rings (SSSR count). The van der Waals surface area contributed by atoms with Crippen LogP contribution in [0, 0.1) is 5.92 Å². The number of carboxylic acid groups (broad SMARTS) is 1. The second-order valence-corrected chi connectivity index (χ2v) is 12.7. The van der Waals surface area contributed by atoms with Gasteiger partial charge >= 0.3 is 12.1 Å². The first kappa shape index (κ1) is 34.1. The van der Waals surface area contributed by atoms with Crippen molar-refractivity contribution < 1.29 is 37.4 Å². The summed E-state index contributed by atoms with van der Waals surface area (Å²) in [5.41, 5.74) is 0.115. The first-order valence-corrected chi connectivity index (χ1v) is 16.7. The summed E-state index contributed by atoms with van der Waals surface area (Å²) in [5, 5.41) is 12.9. The minimum absolute atomic E-state index is 0.0731. The SMILES string of the molecule is CCCCOC(=O)NS(=O)(=O)c1ccccc1-c1ccc(CC(CC)C(=O)NC2(C(=O)O)CCCN2C(=O)c2ccncc2)cc1. The number of sulfonamides is 1. The third-order valence-corrected chi connectivity index (χ3v) is 9.34. The zero-order chi connectivity index (χ0) is 33.3. The number of carboxylic acids is 1. The number of hydrogen-bond donors (Lipinski definition) is 3. The standard InChI is InChI=1S/C33H38N4O8S/c1-3-5-21-45-32(42)36-46(43,44)28-10-7-6-9-27(28)25-13-11-23(12-14-25)22-24(4-2)29(38)35-33(31(40)41)17-8-20-37(33)30(39)26-15-18-34-19-16-26/h6-7,9-16,18-19,24H,3-5,8,17,20-22H2,1-2H3,(H,35,38)(H,36,42)(H,40,41). The van der Waals surface area contributed by atoms with Crippen molar-refractivity contribution in [1.82, 2.24) is 19.9 Å². The third kappa shape index (κ3) is 7.71. The van der Waals surface area contributed by atoms with Crippen LogP contribution in [0.4, 0.5) is 4.79 Å². The van der Waals surface area contributed by atoms with Crippen LogP contribution in [0.1, 0.15) is 61.9 Å². The summed E-state index contributed by atoms with van der Waals surface area (Å²) in [6.07, 6.45) is 4.42. The first-order valence-electron chi connectivity index (χ1n) is 15.2. The molecule has 13 heteroatoms. The number of aliphatic carboxylic acids is 1. The smallest absolute Gasteiger partial charge is 0.421 e. The summed E-state index contributed by atoms with van der Waals surface area (Å²) < 4.78 is 33.0. The Labute approximate surface area is 268 Å². The molecule has 244 valence electrons. The number of nitrogens with one attached hydrogen (secondary N) is 2. The van der Waals surface area contributed by atoms with E-state index in [-0.39, 0.29) is 36.5 Å². The maximum atomic E-state index is 13.5. The number of unbranched alkanes of at least 4 members (excludes halogenated alkanes) is 1. The van der Waals surface area contributed by atoms with E-state index in [2.05, 4.69) is 10.3 Å². The van der Waals surface area contributed by atoms with Crippen molar-refractivity contribution in [2.75, 3.05) is 13.2 Å². The number of rotatable bonds is 13. The normalized spacial score (nSPS) is 16.8. The predicted octanol–water partition coefficient (Wildman–Crippen LogP) is 4.37. The Morgan fingerprint density at radius 2 is 1.72 bits per heavy atom. The van der Waals surface area contributed by atoms with Gasteiger partial charge in [0.25, 0.3) is 15.9 Å². The number of aromatic nitrogens is 1. The highest BCUT2D eigenvalue weighted by Gasteiger charge is 2.52. The Morgan fingerprint density at radius 1 is 1.02 bits per heavy atom. The van der Waals surface area contributed by atoms with Crippen LogP contribution >= 0.6 is 0 Å². The number of hydrogen-bond acceptors (Lipinski definition) is 8. The molecule has 1 fully saturated rings. The van der Waals surface area contributed by atoms with E-state index in [1.165, 1.54) is 35.5 Å². The molecular weight excluding hydrogens is 612 g/mol. The molecule has 0 bridgehead atoms. The minimum atomic E-state index is -4.23. The molecule has 1 aliphatic heterocycles. The molecule has 2 heterocycles. The van der Waals surface area contributed by atoms with Gasteiger partial charge in [-0.25, -0.2) is 22.7 Å². The lowest BCUT2D eigenvalue weighted by atomic mass is 9.93. The van der Waals surface area contributed by atoms with E-state index in [0.717, 1.165) is 12.0 Å². The van der Waals surface area contributed by atoms with Crippen molar-refractivity contribution in [3.8, 4) is 11.1 Å². The molecule has 3 N–H and O–H groups in total. The zero-order valence-corrected chi connectivity index (χ0v) is 26.6. The summed E-state index contributed by atoms with van der Waals surface area (Å²) in [4.78, 5) is 56.4. The average molecular weight is 651 g/mol. The Morgan fingerprint density at radius 3 is 2.37 bits per heavy atom. The van der Waals surface area contributed by atoms with Crippen molar-refractivity contribution in [3.63, 3.8) is 0 Å². The molecule has 0 aliphatic carbocycles. The molecule has 2 unspecified atom stereocenters. The number of amides is 3. The predicted molar refractivity (Wildman–Crippen MR) is 169 cm³/mol. The molecule has 2 atom stereocenters. The number of benzene rings is 2. The van der Waals surface area contributed by atoms with Gasteiger partial charge in [0, 0.05) is 42.4 Å². The monoisotopic (exact) mass is 650 g/mol. The fourth-order valence-corrected chi connectivity index (χ4v) is 6.55. The number of carbonyl (C=O) groups excluding carboxylic acids is 3. The molecule has 0 saturated carbocycles. The fraction of sp³-hybridized carbons (Fsp3) is 0.364. The molecule has 1 aromatic heterocycles. The van der Waals surface area contributed by atoms with Gasteiger partial charge in [-0.3, -0.25) is 14.6 Å². The Bertz CT molecular complexity index is 1660. The van der Waals surface area contributed by atoms with Crippen LogP contribution in [-0.2, 0) is 30.8 Å². The van der Waals surface area contributed by atoms with E-state index in [1.54, 1.807) is 42.5 Å². The number of carbonyl (C=O) groups is 4. The van der Waals surface area contributed by atoms with E-state index in [4.69, 9.17) is 4.74 Å². The molecule has 3 aromatic rings. The van der Waals surface area contributed by atoms with Crippen molar-refractivity contribution >= 4 is 33.9 Å². The molecule has 1 saturated heterocycles. The second kappa shape index (κ2) is 15.0. The van der Waals surface area contributed by atoms with E-state index in [9.17, 15) is 32.7 Å². The summed E-state index contributed by atoms with van der Waals surface area (Å²) in [6, 6.07) is 16.2. The van der Waals surface area contributed by atoms with Crippen molar-refractivity contribution in [2.45, 2.75) is 62.9 Å². The van der Waals surface area contributed by atoms with Gasteiger partial charge < -0.3 is 20.1 Å². The number of pyridine rings is 1. The zero-order valence-electron chi connectivity index (χ0n) is 25.8. The van der Waals surface area contributed by atoms with Gasteiger partial charge in [0.15, 0.2) is 0 Å². The summed E-state index contributed by atoms with van der Waals surface area (Å²) in [7, 11) is -4.23. The van der Waals surface area contributed by atoms with Gasteiger partial charge in [-0.15, -0.1) is 0 Å². The van der Waals surface area contributed by atoms with Gasteiger partial charge in [-0.05, 0) is 55.0 Å². The maximum Gasteiger partial charge on any atom is 0.421 e. The van der Waals surface area contributed by atoms with Crippen LogP contribution in [0.2, 0.25) is 0 Å². The van der Waals surface area contributed by atoms with Gasteiger partial charge in [0.1, 0.15) is 0 Å². The average Bonchev–Trinajstić information content (AvgIpc) is 3.48. The molecular formula is C33H38N4O8S. The molecule has 46 heavy (non-hydrogen) atoms. The molecule has 1 aliphatic rings. The first-order chi connectivity index (χ1) is 22.0. The lowest BCUT2D eigenvalue weighted by Gasteiger charge is -2.36. The highest BCUT2D eigenvalue weighted by Crippen LogP contribution is 2.31. The highest BCUT2D eigenvalue weighted by atomic mass is 32.2. The Hall–Kier alpha value is -4.78. The van der Waals surface area contributed by atoms with E-state index in [1.807, 2.05) is 18.6 Å². The fourth-order valence-electron chi connectivity index (χ4n) is 5.43. The molecule has 2 aromatic carbocycles. The minimum Gasteiger partial charge on any atom is -0.478 e. The Kier molecular flexibility index (Phi) is 11.1. The van der Waals surface area contributed by atoms with Crippen molar-refractivity contribution in [1.29, 1.82) is 0 Å². The highest BCUT2D eigenvalue weighted by molar-refractivity contribution is 7.90. The third-order valence-electron chi connectivity index (χ3n) is 7.97. The van der Waals surface area contributed by atoms with Crippen LogP contribution in [0.25, 0.3) is 11.1 Å². The molecule has 3 amide bonds. The van der Waals surface area contributed by atoms with E-state index >= 15 is 0 Å². The summed E-state index contributed by atoms with van der Waals surface area (Å²) in [5.74, 6) is -2.90. The maximum absolute atomic E-state index is 13.5. The lowest BCUT2D eigenvalue weighted by molar-refractivity contribution is -0.154. The van der Waals surface area contributed by atoms with Crippen molar-refractivity contribution in [2.24, 2.45) is 5.92 Å². The lowest BCUT2D eigenvalue weighted by Crippen LogP contribution is -2.64. The van der Waals surface area contributed by atoms with Gasteiger partial charge in [-0.1, -0.05) is 62.7 Å². The number of nitrogens with zero attached hydrogens (tertiary/aromatic N) is 2. The molecule has 0 spiro atoms. The van der Waals surface area contributed by atoms with Gasteiger partial charge in [0.05, 0.1) is 11.5 Å². The number of ether oxygens (including phenoxy) is 1. The van der Waals surface area contributed by atoms with Crippen LogP contribution in [0.5, 0.6) is 0 Å². The van der Waals surface area contributed by atoms with E-state index in [0.29, 0.717) is 30.4 Å². The molecule has 0 radical (unpaired) electrons. The molecule has 12 nitrogen and oxygen atoms in total. The number of likely N-dealkylation sites (tertiary alicyclic amines) is 1. The van der Waals surface area contributed by atoms with Crippen LogP contribution in [0.3, 0.4) is 0 Å². The van der Waals surface area contributed by atoms with Gasteiger partial charge in [0.2, 0.25) is 11.6 Å². The Balaban J connectivity index is 1.49. The van der Waals surface area contributed by atoms with E-state index < -0.39 is 45.5 Å².